The molecule has 6 nitrogen and oxygen atoms in total. The molecule has 1 atom stereocenters. The number of fused-ring (bicyclic) bond motifs is 2. The Morgan fingerprint density at radius 3 is 2.72 bits per heavy atom. The molecule has 0 unspecified atom stereocenters. The minimum Gasteiger partial charge on any atom is -0.370 e. The summed E-state index contributed by atoms with van der Waals surface area (Å²) in [6.45, 7) is 3.63. The summed E-state index contributed by atoms with van der Waals surface area (Å²) >= 11 is 1.48. The summed E-state index contributed by atoms with van der Waals surface area (Å²) in [5.74, 6) is 0.0129. The Kier molecular flexibility index (Phi) is 5.95. The van der Waals surface area contributed by atoms with Crippen LogP contribution in [0.1, 0.15) is 32.5 Å². The first-order valence-corrected chi connectivity index (χ1v) is 11.9. The van der Waals surface area contributed by atoms with Gasteiger partial charge in [-0.1, -0.05) is 42.5 Å². The van der Waals surface area contributed by atoms with Crippen LogP contribution in [0.3, 0.4) is 0 Å². The molecule has 0 radical (unpaired) electrons. The van der Waals surface area contributed by atoms with E-state index in [1.165, 1.54) is 22.5 Å². The van der Waals surface area contributed by atoms with Gasteiger partial charge in [-0.3, -0.25) is 14.5 Å². The van der Waals surface area contributed by atoms with Crippen molar-refractivity contribution in [2.24, 2.45) is 0 Å². The first-order valence-electron chi connectivity index (χ1n) is 11.1. The van der Waals surface area contributed by atoms with Gasteiger partial charge in [0, 0.05) is 36.9 Å². The normalized spacial score (nSPS) is 19.0. The van der Waals surface area contributed by atoms with Crippen LogP contribution >= 0.6 is 11.3 Å². The Labute approximate surface area is 191 Å². The SMILES string of the molecule is CNC(=O)c1sc2ccccc2c1[C@@H]1CN(C(=O)CN2CCc3ccccc3C2)CCO1. The number of benzene rings is 2. The average molecular weight is 450 g/mol. The molecule has 2 aliphatic rings. The van der Waals surface area contributed by atoms with Crippen LogP contribution in [0.5, 0.6) is 0 Å². The van der Waals surface area contributed by atoms with Crippen molar-refractivity contribution in [3.05, 3.63) is 70.1 Å². The lowest BCUT2D eigenvalue weighted by Gasteiger charge is -2.35. The van der Waals surface area contributed by atoms with E-state index in [0.29, 0.717) is 31.1 Å². The molecule has 2 amide bonds. The number of carbonyl (C=O) groups excluding carboxylic acids is 2. The van der Waals surface area contributed by atoms with Crippen molar-refractivity contribution in [1.29, 1.82) is 0 Å². The van der Waals surface area contributed by atoms with Gasteiger partial charge < -0.3 is 15.0 Å². The Hall–Kier alpha value is -2.74. The first-order chi connectivity index (χ1) is 15.6. The number of hydrogen-bond acceptors (Lipinski definition) is 5. The van der Waals surface area contributed by atoms with Crippen LogP contribution < -0.4 is 5.32 Å². The van der Waals surface area contributed by atoms with Crippen LogP contribution in [0.25, 0.3) is 10.1 Å². The maximum atomic E-state index is 13.2. The summed E-state index contributed by atoms with van der Waals surface area (Å²) in [6, 6.07) is 16.5. The van der Waals surface area contributed by atoms with E-state index >= 15 is 0 Å². The van der Waals surface area contributed by atoms with Crippen molar-refractivity contribution >= 4 is 33.2 Å². The lowest BCUT2D eigenvalue weighted by molar-refractivity contribution is -0.140. The Morgan fingerprint density at radius 2 is 1.88 bits per heavy atom. The molecular weight excluding hydrogens is 422 g/mol. The zero-order valence-corrected chi connectivity index (χ0v) is 19.0. The average Bonchev–Trinajstić information content (AvgIpc) is 3.23. The molecule has 0 aliphatic carbocycles. The number of nitrogens with zero attached hydrogens (tertiary/aromatic N) is 2. The second-order valence-corrected chi connectivity index (χ2v) is 9.40. The standard InChI is InChI=1S/C25H27N3O3S/c1-26-25(30)24-23(19-8-4-5-9-21(19)32-24)20-15-28(12-13-31-20)22(29)16-27-11-10-17-6-2-3-7-18(17)14-27/h2-9,20H,10-16H2,1H3,(H,26,30)/t20-/m0/s1. The van der Waals surface area contributed by atoms with Gasteiger partial charge in [0.1, 0.15) is 6.10 Å². The van der Waals surface area contributed by atoms with Gasteiger partial charge >= 0.3 is 0 Å². The third kappa shape index (κ3) is 4.03. The molecule has 2 aliphatic heterocycles. The number of carbonyl (C=O) groups is 2. The minimum absolute atomic E-state index is 0.111. The van der Waals surface area contributed by atoms with Crippen molar-refractivity contribution in [1.82, 2.24) is 15.1 Å². The molecule has 7 heteroatoms. The predicted octanol–water partition coefficient (Wildman–Crippen LogP) is 3.22. The van der Waals surface area contributed by atoms with E-state index in [1.54, 1.807) is 7.05 Å². The van der Waals surface area contributed by atoms with Crippen molar-refractivity contribution in [3.63, 3.8) is 0 Å². The summed E-state index contributed by atoms with van der Waals surface area (Å²) in [7, 11) is 1.64. The Bertz CT molecular complexity index is 1160. The first kappa shape index (κ1) is 21.1. The van der Waals surface area contributed by atoms with E-state index in [4.69, 9.17) is 4.74 Å². The van der Waals surface area contributed by atoms with Gasteiger partial charge in [-0.25, -0.2) is 0 Å². The van der Waals surface area contributed by atoms with E-state index < -0.39 is 0 Å². The molecule has 1 fully saturated rings. The third-order valence-electron chi connectivity index (χ3n) is 6.38. The molecule has 1 N–H and O–H groups in total. The molecule has 1 aromatic heterocycles. The molecule has 2 aromatic carbocycles. The summed E-state index contributed by atoms with van der Waals surface area (Å²) < 4.78 is 7.16. The van der Waals surface area contributed by atoms with Gasteiger partial charge in [-0.05, 0) is 29.0 Å². The number of amides is 2. The van der Waals surface area contributed by atoms with Gasteiger partial charge in [0.25, 0.3) is 5.91 Å². The highest BCUT2D eigenvalue weighted by Crippen LogP contribution is 2.38. The van der Waals surface area contributed by atoms with E-state index in [-0.39, 0.29) is 17.9 Å². The van der Waals surface area contributed by atoms with Crippen molar-refractivity contribution in [2.75, 3.05) is 39.8 Å². The van der Waals surface area contributed by atoms with Gasteiger partial charge in [0.15, 0.2) is 0 Å². The molecule has 5 rings (SSSR count). The third-order valence-corrected chi connectivity index (χ3v) is 7.56. The fraction of sp³-hybridized carbons (Fsp3) is 0.360. The zero-order valence-electron chi connectivity index (χ0n) is 18.2. The quantitative estimate of drug-likeness (QED) is 0.665. The smallest absolute Gasteiger partial charge is 0.261 e. The molecule has 0 spiro atoms. The minimum atomic E-state index is -0.307. The topological polar surface area (TPSA) is 61.9 Å². The molecule has 0 bridgehead atoms. The molecular formula is C25H27N3O3S. The van der Waals surface area contributed by atoms with E-state index in [1.807, 2.05) is 29.2 Å². The number of ether oxygens (including phenoxy) is 1. The Balaban J connectivity index is 1.33. The van der Waals surface area contributed by atoms with E-state index in [0.717, 1.165) is 35.2 Å². The number of rotatable bonds is 4. The fourth-order valence-corrected chi connectivity index (χ4v) is 5.90. The predicted molar refractivity (Wildman–Crippen MR) is 126 cm³/mol. The fourth-order valence-electron chi connectivity index (χ4n) is 4.70. The molecule has 3 heterocycles. The summed E-state index contributed by atoms with van der Waals surface area (Å²) in [4.78, 5) is 30.6. The second-order valence-electron chi connectivity index (χ2n) is 8.35. The summed E-state index contributed by atoms with van der Waals surface area (Å²) in [6.07, 6.45) is 0.671. The second kappa shape index (κ2) is 9.02. The van der Waals surface area contributed by atoms with Crippen LogP contribution in [0, 0.1) is 0 Å². The van der Waals surface area contributed by atoms with E-state index in [2.05, 4.69) is 34.5 Å². The number of hydrogen-bond donors (Lipinski definition) is 1. The highest BCUT2D eigenvalue weighted by molar-refractivity contribution is 7.21. The monoisotopic (exact) mass is 449 g/mol. The maximum Gasteiger partial charge on any atom is 0.261 e. The highest BCUT2D eigenvalue weighted by Gasteiger charge is 2.32. The van der Waals surface area contributed by atoms with Crippen molar-refractivity contribution < 1.29 is 14.3 Å². The Morgan fingerprint density at radius 1 is 1.09 bits per heavy atom. The van der Waals surface area contributed by atoms with Crippen LogP contribution in [0.2, 0.25) is 0 Å². The number of nitrogens with one attached hydrogen (secondary N) is 1. The molecule has 32 heavy (non-hydrogen) atoms. The molecule has 0 saturated carbocycles. The highest BCUT2D eigenvalue weighted by atomic mass is 32.1. The lowest BCUT2D eigenvalue weighted by atomic mass is 10.00. The maximum absolute atomic E-state index is 13.2. The largest absolute Gasteiger partial charge is 0.370 e. The molecule has 3 aromatic rings. The van der Waals surface area contributed by atoms with Crippen LogP contribution in [0.4, 0.5) is 0 Å². The van der Waals surface area contributed by atoms with Crippen LogP contribution in [0.15, 0.2) is 48.5 Å². The zero-order chi connectivity index (χ0) is 22.1. The van der Waals surface area contributed by atoms with Gasteiger partial charge in [0.2, 0.25) is 5.91 Å². The number of thiophene rings is 1. The molecule has 166 valence electrons. The lowest BCUT2D eigenvalue weighted by Crippen LogP contribution is -2.47. The van der Waals surface area contributed by atoms with Gasteiger partial charge in [-0.15, -0.1) is 11.3 Å². The van der Waals surface area contributed by atoms with Crippen LogP contribution in [-0.4, -0.2) is 61.4 Å². The molecule has 1 saturated heterocycles. The van der Waals surface area contributed by atoms with Crippen molar-refractivity contribution in [2.45, 2.75) is 19.1 Å². The summed E-state index contributed by atoms with van der Waals surface area (Å²) in [5.41, 5.74) is 3.59. The number of morpholine rings is 1. The van der Waals surface area contributed by atoms with Gasteiger partial charge in [-0.2, -0.15) is 0 Å². The van der Waals surface area contributed by atoms with E-state index in [9.17, 15) is 9.59 Å². The van der Waals surface area contributed by atoms with Crippen LogP contribution in [-0.2, 0) is 22.5 Å². The van der Waals surface area contributed by atoms with Gasteiger partial charge in [0.05, 0.1) is 24.6 Å². The summed E-state index contributed by atoms with van der Waals surface area (Å²) in [5, 5.41) is 3.78. The van der Waals surface area contributed by atoms with Crippen molar-refractivity contribution in [3.8, 4) is 0 Å².